The first kappa shape index (κ1) is 21.0. The van der Waals surface area contributed by atoms with Crippen molar-refractivity contribution >= 4 is 11.9 Å². The third-order valence-electron chi connectivity index (χ3n) is 4.91. The Bertz CT molecular complexity index is 859. The Hall–Kier alpha value is -3.30. The van der Waals surface area contributed by atoms with Crippen LogP contribution in [0.25, 0.3) is 0 Å². The van der Waals surface area contributed by atoms with E-state index in [1.165, 1.54) is 13.8 Å². The van der Waals surface area contributed by atoms with Gasteiger partial charge in [0.05, 0.1) is 12.1 Å². The molecule has 0 aliphatic heterocycles. The molecule has 144 valence electrons. The molecule has 0 amide bonds. The molecule has 2 bridgehead atoms. The number of hydrogen-bond donors (Lipinski definition) is 0. The molecule has 28 heavy (non-hydrogen) atoms. The fourth-order valence-corrected chi connectivity index (χ4v) is 3.63. The summed E-state index contributed by atoms with van der Waals surface area (Å²) < 4.78 is 9.86. The van der Waals surface area contributed by atoms with Gasteiger partial charge in [0.15, 0.2) is 12.0 Å². The van der Waals surface area contributed by atoms with E-state index < -0.39 is 17.4 Å². The van der Waals surface area contributed by atoms with Crippen LogP contribution in [0, 0.1) is 57.7 Å². The molecule has 0 heterocycles. The minimum absolute atomic E-state index is 0.0100. The minimum atomic E-state index is -1.45. The molecule has 6 nitrogen and oxygen atoms in total. The summed E-state index contributed by atoms with van der Waals surface area (Å²) in [6.45, 7) is 6.62. The van der Waals surface area contributed by atoms with Gasteiger partial charge >= 0.3 is 11.9 Å². The fourth-order valence-electron chi connectivity index (χ4n) is 3.63. The summed E-state index contributed by atoms with van der Waals surface area (Å²) in [5.41, 5.74) is -0.141. The number of carbonyl (C=O) groups is 2. The zero-order valence-corrected chi connectivity index (χ0v) is 16.0. The summed E-state index contributed by atoms with van der Waals surface area (Å²) >= 11 is 0. The third-order valence-corrected chi connectivity index (χ3v) is 4.91. The Labute approximate surface area is 165 Å². The number of ether oxygens (including phenoxy) is 2. The zero-order valence-electron chi connectivity index (χ0n) is 16.0. The van der Waals surface area contributed by atoms with Gasteiger partial charge in [-0.25, -0.2) is 0 Å². The molecule has 0 aromatic carbocycles. The number of hydrogen-bond acceptors (Lipinski definition) is 6. The van der Waals surface area contributed by atoms with Crippen LogP contribution in [-0.2, 0) is 19.1 Å². The Balaban J connectivity index is 2.30. The second kappa shape index (κ2) is 9.07. The van der Waals surface area contributed by atoms with Crippen LogP contribution in [0.5, 0.6) is 0 Å². The summed E-state index contributed by atoms with van der Waals surface area (Å²) in [6, 6.07) is 4.27. The van der Waals surface area contributed by atoms with Gasteiger partial charge in [-0.1, -0.05) is 36.6 Å². The smallest absolute Gasteiger partial charge is 0.303 e. The van der Waals surface area contributed by atoms with Gasteiger partial charge in [0.1, 0.15) is 6.61 Å². The fraction of sp³-hybridized carbons (Fsp3) is 0.455. The molecule has 0 aromatic rings. The Morgan fingerprint density at radius 1 is 1.18 bits per heavy atom. The lowest BCUT2D eigenvalue weighted by atomic mass is 9.64. The normalized spacial score (nSPS) is 22.0. The molecule has 0 saturated heterocycles. The van der Waals surface area contributed by atoms with Crippen molar-refractivity contribution in [1.29, 1.82) is 10.5 Å². The number of rotatable bonds is 6. The highest BCUT2D eigenvalue weighted by Crippen LogP contribution is 2.50. The average molecular weight is 378 g/mol. The van der Waals surface area contributed by atoms with Gasteiger partial charge in [-0.3, -0.25) is 9.59 Å². The van der Waals surface area contributed by atoms with Crippen molar-refractivity contribution in [1.82, 2.24) is 0 Å². The van der Waals surface area contributed by atoms with E-state index in [9.17, 15) is 20.1 Å². The predicted octanol–water partition coefficient (Wildman–Crippen LogP) is 2.84. The highest BCUT2D eigenvalue weighted by molar-refractivity contribution is 5.66. The van der Waals surface area contributed by atoms with Crippen molar-refractivity contribution < 1.29 is 19.1 Å². The lowest BCUT2D eigenvalue weighted by Crippen LogP contribution is -2.33. The standard InChI is InChI=1S/C22H22N2O4/c1-15(12-28-17(3)26)21-19-7-6-18(10-19)11-20(21)22(13-23,14-24)8-4-5-9-27-16(2)25/h6-7,11,18-19,21H,1,8-10,12H2,2-3H3/t18-,19?,21-/m0/s1. The summed E-state index contributed by atoms with van der Waals surface area (Å²) in [5.74, 6) is 4.59. The van der Waals surface area contributed by atoms with E-state index in [1.54, 1.807) is 0 Å². The first-order valence-corrected chi connectivity index (χ1v) is 8.96. The Kier molecular flexibility index (Phi) is 6.80. The summed E-state index contributed by atoms with van der Waals surface area (Å²) in [6.07, 6.45) is 6.95. The largest absolute Gasteiger partial charge is 0.461 e. The number of nitriles is 2. The first-order valence-electron chi connectivity index (χ1n) is 8.96. The number of fused-ring (bicyclic) bond motifs is 2. The van der Waals surface area contributed by atoms with Crippen molar-refractivity contribution in [3.05, 3.63) is 36.0 Å². The van der Waals surface area contributed by atoms with Crippen LogP contribution in [0.2, 0.25) is 0 Å². The molecule has 0 spiro atoms. The highest BCUT2D eigenvalue weighted by Gasteiger charge is 2.45. The van der Waals surface area contributed by atoms with E-state index in [2.05, 4.69) is 42.7 Å². The summed E-state index contributed by atoms with van der Waals surface area (Å²) in [4.78, 5) is 22.0. The monoisotopic (exact) mass is 378 g/mol. The highest BCUT2D eigenvalue weighted by atomic mass is 16.5. The van der Waals surface area contributed by atoms with E-state index in [1.807, 2.05) is 6.08 Å². The van der Waals surface area contributed by atoms with Crippen LogP contribution < -0.4 is 0 Å². The second-order valence-electron chi connectivity index (χ2n) is 6.93. The van der Waals surface area contributed by atoms with Gasteiger partial charge in [-0.05, 0) is 29.4 Å². The van der Waals surface area contributed by atoms with Crippen molar-refractivity contribution in [2.75, 3.05) is 13.2 Å². The van der Waals surface area contributed by atoms with Gasteiger partial charge in [-0.15, -0.1) is 0 Å². The van der Waals surface area contributed by atoms with Crippen molar-refractivity contribution in [2.24, 2.45) is 23.2 Å². The van der Waals surface area contributed by atoms with Crippen LogP contribution in [0.4, 0.5) is 0 Å². The van der Waals surface area contributed by atoms with Crippen LogP contribution >= 0.6 is 0 Å². The number of nitrogens with zero attached hydrogens (tertiary/aromatic N) is 2. The maximum absolute atomic E-state index is 11.2. The summed E-state index contributed by atoms with van der Waals surface area (Å²) in [7, 11) is 0. The molecule has 0 N–H and O–H groups in total. The van der Waals surface area contributed by atoms with Gasteiger partial charge in [-0.2, -0.15) is 10.5 Å². The van der Waals surface area contributed by atoms with Crippen LogP contribution in [-0.4, -0.2) is 25.2 Å². The Morgan fingerprint density at radius 3 is 2.46 bits per heavy atom. The topological polar surface area (TPSA) is 100 Å². The van der Waals surface area contributed by atoms with Crippen molar-refractivity contribution in [3.8, 4) is 24.0 Å². The van der Waals surface area contributed by atoms with Gasteiger partial charge in [0, 0.05) is 26.2 Å². The molecular weight excluding hydrogens is 356 g/mol. The maximum Gasteiger partial charge on any atom is 0.303 e. The third kappa shape index (κ3) is 4.70. The SMILES string of the molecule is C=C(COC(C)=O)[C@@H]1C(C(C#N)(C#N)CC#CCOC(C)=O)=C[C@H]2C=CC1C2. The van der Waals surface area contributed by atoms with Crippen molar-refractivity contribution in [2.45, 2.75) is 26.7 Å². The molecule has 2 rings (SSSR count). The maximum atomic E-state index is 11.2. The van der Waals surface area contributed by atoms with Crippen LogP contribution in [0.1, 0.15) is 26.7 Å². The predicted molar refractivity (Wildman–Crippen MR) is 101 cm³/mol. The van der Waals surface area contributed by atoms with Crippen LogP contribution in [0.15, 0.2) is 36.0 Å². The lowest BCUT2D eigenvalue weighted by molar-refractivity contribution is -0.140. The number of allylic oxidation sites excluding steroid dienone is 4. The zero-order chi connectivity index (χ0) is 20.7. The van der Waals surface area contributed by atoms with Gasteiger partial charge in [0.2, 0.25) is 0 Å². The molecule has 0 fully saturated rings. The summed E-state index contributed by atoms with van der Waals surface area (Å²) in [5, 5.41) is 19.8. The molecule has 0 radical (unpaired) electrons. The molecular formula is C22H22N2O4. The van der Waals surface area contributed by atoms with E-state index in [0.29, 0.717) is 11.1 Å². The minimum Gasteiger partial charge on any atom is -0.461 e. The van der Waals surface area contributed by atoms with Crippen LogP contribution in [0.3, 0.4) is 0 Å². The van der Waals surface area contributed by atoms with Gasteiger partial charge < -0.3 is 9.47 Å². The number of carbonyl (C=O) groups excluding carboxylic acids is 2. The number of esters is 2. The molecule has 3 atom stereocenters. The quantitative estimate of drug-likeness (QED) is 0.400. The molecule has 1 unspecified atom stereocenters. The van der Waals surface area contributed by atoms with Gasteiger partial charge in [0.25, 0.3) is 0 Å². The molecule has 6 heteroatoms. The second-order valence-corrected chi connectivity index (χ2v) is 6.93. The van der Waals surface area contributed by atoms with E-state index >= 15 is 0 Å². The lowest BCUT2D eigenvalue weighted by Gasteiger charge is -2.36. The molecule has 0 aromatic heterocycles. The molecule has 2 aliphatic carbocycles. The molecule has 0 saturated carbocycles. The Morgan fingerprint density at radius 2 is 1.86 bits per heavy atom. The first-order chi connectivity index (χ1) is 13.3. The van der Waals surface area contributed by atoms with E-state index in [4.69, 9.17) is 9.47 Å². The van der Waals surface area contributed by atoms with Crippen molar-refractivity contribution in [3.63, 3.8) is 0 Å². The van der Waals surface area contributed by atoms with E-state index in [-0.39, 0.29) is 37.4 Å². The van der Waals surface area contributed by atoms with E-state index in [0.717, 1.165) is 6.42 Å². The molecule has 2 aliphatic rings. The average Bonchev–Trinajstić information content (AvgIpc) is 3.03.